The lowest BCUT2D eigenvalue weighted by Gasteiger charge is -2.28. The maximum atomic E-state index is 2.37. The second-order valence-corrected chi connectivity index (χ2v) is 17.2. The molecule has 0 atom stereocenters. The van der Waals surface area contributed by atoms with Crippen LogP contribution in [0.15, 0.2) is 255 Å². The Morgan fingerprint density at radius 3 is 0.773 bits per heavy atom. The van der Waals surface area contributed by atoms with Crippen LogP contribution in [0.4, 0.5) is 11.4 Å². The molecule has 0 unspecified atom stereocenters. The zero-order valence-corrected chi connectivity index (χ0v) is 38.3. The summed E-state index contributed by atoms with van der Waals surface area (Å²) < 4.78 is 0. The van der Waals surface area contributed by atoms with E-state index in [9.17, 15) is 0 Å². The third-order valence-corrected chi connectivity index (χ3v) is 12.6. The van der Waals surface area contributed by atoms with E-state index in [-0.39, 0.29) is 13.4 Å². The summed E-state index contributed by atoms with van der Waals surface area (Å²) in [4.78, 5) is 4.48. The van der Waals surface area contributed by atoms with E-state index in [1.807, 2.05) is 0 Å². The van der Waals surface area contributed by atoms with Crippen molar-refractivity contribution in [2.75, 3.05) is 38.0 Å². The van der Waals surface area contributed by atoms with Crippen LogP contribution in [0, 0.1) is 0 Å². The second-order valence-electron chi connectivity index (χ2n) is 17.2. The number of benzene rings is 9. The highest BCUT2D eigenvalue weighted by Gasteiger charge is 2.32. The minimum atomic E-state index is -0.0655. The Balaban J connectivity index is 1.39. The number of anilines is 2. The maximum Gasteiger partial charge on any atom is 0.242 e. The van der Waals surface area contributed by atoms with Gasteiger partial charge >= 0.3 is 0 Å². The fraction of sp³-hybridized carbons (Fsp3) is 0.0645. The van der Waals surface area contributed by atoms with Gasteiger partial charge in [0.25, 0.3) is 0 Å². The van der Waals surface area contributed by atoms with Crippen LogP contribution in [0.25, 0.3) is 22.1 Å². The number of hydrogen-bond donors (Lipinski definition) is 0. The zero-order chi connectivity index (χ0) is 45.2. The molecule has 9 aromatic rings. The lowest BCUT2D eigenvalue weighted by atomic mass is 9.34. The van der Waals surface area contributed by atoms with Gasteiger partial charge in [0.2, 0.25) is 13.4 Å². The molecule has 0 spiro atoms. The molecule has 0 amide bonds. The third-order valence-electron chi connectivity index (χ3n) is 12.6. The Morgan fingerprint density at radius 1 is 0.258 bits per heavy atom. The van der Waals surface area contributed by atoms with Gasteiger partial charge in [-0.05, 0) is 45.5 Å². The Kier molecular flexibility index (Phi) is 13.4. The van der Waals surface area contributed by atoms with Gasteiger partial charge in [0, 0.05) is 50.7 Å². The fourth-order valence-electron chi connectivity index (χ4n) is 9.65. The minimum Gasteiger partial charge on any atom is -0.377 e. The van der Waals surface area contributed by atoms with Gasteiger partial charge in [-0.15, -0.1) is 0 Å². The summed E-state index contributed by atoms with van der Waals surface area (Å²) in [6.45, 7) is -0.131. The smallest absolute Gasteiger partial charge is 0.242 e. The summed E-state index contributed by atoms with van der Waals surface area (Å²) in [5.41, 5.74) is 19.2. The molecular formula is C62H54B2N2. The van der Waals surface area contributed by atoms with Gasteiger partial charge in [-0.1, -0.05) is 275 Å². The molecule has 0 aromatic heterocycles. The number of rotatable bonds is 14. The van der Waals surface area contributed by atoms with Crippen molar-refractivity contribution in [2.24, 2.45) is 0 Å². The standard InChI is InChI=1S/C62H54B2N2/c1-65(2)57-41-25-23-39-55(57)59(61(49-27-11-5-12-28-49)63(51-31-15-7-16-32-51)52-33-17-8-18-34-52)47-43-45-48(46-44-47)60(56-40-24-26-42-58(56)66(3)4)62(50-29-13-6-14-30-50)64(53-35-19-9-20-36-53)54-37-21-10-22-38-54/h5-46H,1-4H3/b61-59-,62-60-. The first-order valence-electron chi connectivity index (χ1n) is 22.9. The highest BCUT2D eigenvalue weighted by molar-refractivity contribution is 7.01. The third kappa shape index (κ3) is 9.23. The Labute approximate surface area is 393 Å². The van der Waals surface area contributed by atoms with Crippen molar-refractivity contribution in [2.45, 2.75) is 0 Å². The molecule has 66 heavy (non-hydrogen) atoms. The van der Waals surface area contributed by atoms with E-state index in [0.29, 0.717) is 0 Å². The van der Waals surface area contributed by atoms with E-state index in [0.717, 1.165) is 22.5 Å². The summed E-state index contributed by atoms with van der Waals surface area (Å²) in [5.74, 6) is 0. The molecule has 2 nitrogen and oxygen atoms in total. The summed E-state index contributed by atoms with van der Waals surface area (Å²) >= 11 is 0. The second kappa shape index (κ2) is 20.4. The Bertz CT molecular complexity index is 2750. The van der Waals surface area contributed by atoms with Crippen molar-refractivity contribution in [3.05, 3.63) is 288 Å². The van der Waals surface area contributed by atoms with Gasteiger partial charge in [0.15, 0.2) is 0 Å². The minimum absolute atomic E-state index is 0.0655. The highest BCUT2D eigenvalue weighted by atomic mass is 15.1. The van der Waals surface area contributed by atoms with E-state index in [1.54, 1.807) is 0 Å². The lowest BCUT2D eigenvalue weighted by molar-refractivity contribution is 1.13. The summed E-state index contributed by atoms with van der Waals surface area (Å²) in [6, 6.07) is 93.2. The molecule has 0 fully saturated rings. The van der Waals surface area contributed by atoms with Crippen LogP contribution >= 0.6 is 0 Å². The average molecular weight is 849 g/mol. The van der Waals surface area contributed by atoms with E-state index in [4.69, 9.17) is 0 Å². The van der Waals surface area contributed by atoms with E-state index < -0.39 is 0 Å². The molecule has 0 aliphatic rings. The Hall–Kier alpha value is -7.81. The zero-order valence-electron chi connectivity index (χ0n) is 38.3. The van der Waals surface area contributed by atoms with E-state index in [2.05, 4.69) is 293 Å². The van der Waals surface area contributed by atoms with E-state index >= 15 is 0 Å². The van der Waals surface area contributed by atoms with Crippen LogP contribution in [-0.2, 0) is 0 Å². The SMILES string of the molecule is CN(C)c1ccccc1/C(=C(\B(c1ccccc1)c1ccccc1)c1ccccc1)c1ccc(/C(=C(/B(c2ccccc2)c2ccccc2)c2ccccc2)c2ccccc2N(C)C)cc1. The number of hydrogen-bond acceptors (Lipinski definition) is 2. The molecule has 9 rings (SSSR count). The molecule has 0 aliphatic carbocycles. The van der Waals surface area contributed by atoms with Gasteiger partial charge in [-0.25, -0.2) is 0 Å². The van der Waals surface area contributed by atoms with Gasteiger partial charge in [-0.3, -0.25) is 0 Å². The summed E-state index contributed by atoms with van der Waals surface area (Å²) in [5, 5.41) is 0. The molecule has 0 saturated carbocycles. The first kappa shape index (κ1) is 43.4. The van der Waals surface area contributed by atoms with Gasteiger partial charge < -0.3 is 9.80 Å². The quantitative estimate of drug-likeness (QED) is 0.0795. The molecule has 0 aliphatic heterocycles. The normalized spacial score (nSPS) is 11.8. The highest BCUT2D eigenvalue weighted by Crippen LogP contribution is 2.42. The molecular weight excluding hydrogens is 794 g/mol. The predicted octanol–water partition coefficient (Wildman–Crippen LogP) is 11.4. The monoisotopic (exact) mass is 848 g/mol. The topological polar surface area (TPSA) is 6.48 Å². The van der Waals surface area contributed by atoms with Crippen molar-refractivity contribution in [3.8, 4) is 0 Å². The lowest BCUT2D eigenvalue weighted by Crippen LogP contribution is -2.44. The predicted molar refractivity (Wildman–Crippen MR) is 289 cm³/mol. The number of nitrogens with zero attached hydrogens (tertiary/aromatic N) is 2. The molecule has 0 heterocycles. The molecule has 318 valence electrons. The van der Waals surface area contributed by atoms with Crippen LogP contribution in [0.3, 0.4) is 0 Å². The summed E-state index contributed by atoms with van der Waals surface area (Å²) in [7, 11) is 8.59. The first-order valence-corrected chi connectivity index (χ1v) is 22.9. The van der Waals surface area contributed by atoms with Crippen LogP contribution in [0.1, 0.15) is 33.4 Å². The van der Waals surface area contributed by atoms with Crippen LogP contribution < -0.4 is 31.7 Å². The van der Waals surface area contributed by atoms with Gasteiger partial charge in [0.05, 0.1) is 0 Å². The van der Waals surface area contributed by atoms with Crippen molar-refractivity contribution >= 4 is 68.7 Å². The Morgan fingerprint density at radius 2 is 0.500 bits per heavy atom. The first-order chi connectivity index (χ1) is 32.5. The molecule has 4 heteroatoms. The fourth-order valence-corrected chi connectivity index (χ4v) is 9.65. The van der Waals surface area contributed by atoms with Crippen molar-refractivity contribution in [3.63, 3.8) is 0 Å². The molecule has 0 N–H and O–H groups in total. The molecule has 0 bridgehead atoms. The summed E-state index contributed by atoms with van der Waals surface area (Å²) in [6.07, 6.45) is 0. The van der Waals surface area contributed by atoms with Crippen LogP contribution in [-0.4, -0.2) is 41.6 Å². The van der Waals surface area contributed by atoms with Crippen molar-refractivity contribution in [1.82, 2.24) is 0 Å². The van der Waals surface area contributed by atoms with Crippen molar-refractivity contribution < 1.29 is 0 Å². The largest absolute Gasteiger partial charge is 0.377 e. The number of para-hydroxylation sites is 2. The van der Waals surface area contributed by atoms with Crippen LogP contribution in [0.2, 0.25) is 0 Å². The van der Waals surface area contributed by atoms with Gasteiger partial charge in [-0.2, -0.15) is 0 Å². The molecule has 0 saturated heterocycles. The molecule has 0 radical (unpaired) electrons. The molecule has 9 aromatic carbocycles. The van der Waals surface area contributed by atoms with E-state index in [1.165, 1.54) is 66.2 Å². The van der Waals surface area contributed by atoms with Crippen molar-refractivity contribution in [1.29, 1.82) is 0 Å². The van der Waals surface area contributed by atoms with Crippen LogP contribution in [0.5, 0.6) is 0 Å². The van der Waals surface area contributed by atoms with Gasteiger partial charge in [0.1, 0.15) is 0 Å². The maximum absolute atomic E-state index is 2.37. The average Bonchev–Trinajstić information content (AvgIpc) is 3.38.